The van der Waals surface area contributed by atoms with Crippen LogP contribution in [0.5, 0.6) is 0 Å². The number of anilines is 2. The highest BCUT2D eigenvalue weighted by molar-refractivity contribution is 6.37. The topological polar surface area (TPSA) is 53.2 Å². The number of amides is 1. The van der Waals surface area contributed by atoms with Crippen LogP contribution in [-0.2, 0) is 11.3 Å². The summed E-state index contributed by atoms with van der Waals surface area (Å²) >= 11 is 0. The van der Waals surface area contributed by atoms with Crippen molar-refractivity contribution in [1.29, 1.82) is 0 Å². The van der Waals surface area contributed by atoms with Gasteiger partial charge in [0.05, 0.1) is 17.0 Å². The van der Waals surface area contributed by atoms with Gasteiger partial charge in [-0.05, 0) is 48.5 Å². The SMILES string of the molecule is CNCc1ccc(NC(=C2C(=O)Nc3cc(F)ccc32)c2ccccc2)cc1. The zero-order valence-corrected chi connectivity index (χ0v) is 15.4. The molecule has 1 aliphatic rings. The summed E-state index contributed by atoms with van der Waals surface area (Å²) in [6, 6.07) is 22.0. The van der Waals surface area contributed by atoms with E-state index >= 15 is 0 Å². The largest absolute Gasteiger partial charge is 0.354 e. The van der Waals surface area contributed by atoms with Gasteiger partial charge in [0.25, 0.3) is 5.91 Å². The molecule has 0 saturated carbocycles. The molecule has 0 radical (unpaired) electrons. The van der Waals surface area contributed by atoms with Crippen LogP contribution in [0, 0.1) is 5.82 Å². The Labute approximate surface area is 163 Å². The van der Waals surface area contributed by atoms with Gasteiger partial charge in [0.15, 0.2) is 0 Å². The van der Waals surface area contributed by atoms with Gasteiger partial charge in [-0.1, -0.05) is 42.5 Å². The van der Waals surface area contributed by atoms with E-state index in [1.807, 2.05) is 61.6 Å². The fourth-order valence-electron chi connectivity index (χ4n) is 3.33. The van der Waals surface area contributed by atoms with Gasteiger partial charge >= 0.3 is 0 Å². The minimum atomic E-state index is -0.380. The van der Waals surface area contributed by atoms with Crippen LogP contribution < -0.4 is 16.0 Å². The zero-order chi connectivity index (χ0) is 19.5. The summed E-state index contributed by atoms with van der Waals surface area (Å²) in [6.45, 7) is 0.786. The van der Waals surface area contributed by atoms with E-state index in [0.29, 0.717) is 22.5 Å². The molecule has 0 bridgehead atoms. The Morgan fingerprint density at radius 1 is 1.00 bits per heavy atom. The maximum atomic E-state index is 13.6. The number of rotatable bonds is 5. The lowest BCUT2D eigenvalue weighted by Crippen LogP contribution is -2.10. The molecular weight excluding hydrogens is 353 g/mol. The van der Waals surface area contributed by atoms with Gasteiger partial charge in [-0.2, -0.15) is 0 Å². The molecule has 0 atom stereocenters. The molecule has 0 spiro atoms. The van der Waals surface area contributed by atoms with Crippen LogP contribution >= 0.6 is 0 Å². The van der Waals surface area contributed by atoms with Crippen LogP contribution in [0.1, 0.15) is 16.7 Å². The van der Waals surface area contributed by atoms with Crippen molar-refractivity contribution in [3.05, 3.63) is 95.3 Å². The van der Waals surface area contributed by atoms with Gasteiger partial charge in [0, 0.05) is 17.8 Å². The van der Waals surface area contributed by atoms with Gasteiger partial charge in [-0.25, -0.2) is 4.39 Å². The molecule has 1 heterocycles. The molecule has 0 unspecified atom stereocenters. The van der Waals surface area contributed by atoms with Crippen molar-refractivity contribution < 1.29 is 9.18 Å². The summed E-state index contributed by atoms with van der Waals surface area (Å²) in [5.74, 6) is -0.631. The zero-order valence-electron chi connectivity index (χ0n) is 15.4. The predicted molar refractivity (Wildman–Crippen MR) is 111 cm³/mol. The fourth-order valence-corrected chi connectivity index (χ4v) is 3.33. The molecule has 3 N–H and O–H groups in total. The third-order valence-electron chi connectivity index (χ3n) is 4.64. The fraction of sp³-hybridized carbons (Fsp3) is 0.0870. The van der Waals surface area contributed by atoms with Crippen molar-refractivity contribution in [2.45, 2.75) is 6.54 Å². The van der Waals surface area contributed by atoms with Crippen LogP contribution in [0.25, 0.3) is 11.3 Å². The second-order valence-electron chi connectivity index (χ2n) is 6.61. The molecule has 140 valence electrons. The monoisotopic (exact) mass is 373 g/mol. The molecule has 0 saturated heterocycles. The average Bonchev–Trinajstić information content (AvgIpc) is 3.03. The summed E-state index contributed by atoms with van der Waals surface area (Å²) in [7, 11) is 1.91. The first-order valence-electron chi connectivity index (χ1n) is 9.07. The van der Waals surface area contributed by atoms with Crippen molar-refractivity contribution in [3.63, 3.8) is 0 Å². The molecule has 1 aliphatic heterocycles. The maximum Gasteiger partial charge on any atom is 0.258 e. The second kappa shape index (κ2) is 7.66. The van der Waals surface area contributed by atoms with Crippen LogP contribution in [0.15, 0.2) is 72.8 Å². The predicted octanol–water partition coefficient (Wildman–Crippen LogP) is 4.48. The lowest BCUT2D eigenvalue weighted by Gasteiger charge is -2.15. The third-order valence-corrected chi connectivity index (χ3v) is 4.64. The lowest BCUT2D eigenvalue weighted by atomic mass is 10.00. The van der Waals surface area contributed by atoms with Gasteiger partial charge in [-0.3, -0.25) is 4.79 Å². The highest BCUT2D eigenvalue weighted by atomic mass is 19.1. The van der Waals surface area contributed by atoms with Crippen LogP contribution in [-0.4, -0.2) is 13.0 Å². The minimum absolute atomic E-state index is 0.251. The third kappa shape index (κ3) is 3.52. The van der Waals surface area contributed by atoms with E-state index in [0.717, 1.165) is 17.8 Å². The highest BCUT2D eigenvalue weighted by Gasteiger charge is 2.28. The first-order valence-corrected chi connectivity index (χ1v) is 9.07. The highest BCUT2D eigenvalue weighted by Crippen LogP contribution is 2.37. The molecule has 1 amide bonds. The number of fused-ring (bicyclic) bond motifs is 1. The van der Waals surface area contributed by atoms with E-state index in [2.05, 4.69) is 16.0 Å². The lowest BCUT2D eigenvalue weighted by molar-refractivity contribution is -0.110. The molecular formula is C23H20FN3O. The number of carbonyl (C=O) groups is 1. The van der Waals surface area contributed by atoms with Crippen molar-refractivity contribution in [2.75, 3.05) is 17.7 Å². The number of hydrogen-bond donors (Lipinski definition) is 3. The summed E-state index contributed by atoms with van der Waals surface area (Å²) in [6.07, 6.45) is 0. The number of halogens is 1. The standard InChI is InChI=1S/C23H20FN3O/c1-25-14-15-7-10-18(11-8-15)26-22(16-5-3-2-4-6-16)21-19-12-9-17(24)13-20(19)27-23(21)28/h2-13,25-26H,14H2,1H3,(H,27,28). The van der Waals surface area contributed by atoms with Crippen molar-refractivity contribution >= 4 is 28.6 Å². The summed E-state index contributed by atoms with van der Waals surface area (Å²) in [5.41, 5.74) is 5.27. The first-order chi connectivity index (χ1) is 13.7. The minimum Gasteiger partial charge on any atom is -0.354 e. The normalized spacial score (nSPS) is 14.4. The molecule has 3 aromatic rings. The van der Waals surface area contributed by atoms with Crippen LogP contribution in [0.2, 0.25) is 0 Å². The Balaban J connectivity index is 1.81. The number of benzene rings is 3. The smallest absolute Gasteiger partial charge is 0.258 e. The maximum absolute atomic E-state index is 13.6. The van der Waals surface area contributed by atoms with E-state index in [1.165, 1.54) is 17.7 Å². The molecule has 5 heteroatoms. The van der Waals surface area contributed by atoms with E-state index < -0.39 is 0 Å². The number of nitrogens with one attached hydrogen (secondary N) is 3. The van der Waals surface area contributed by atoms with Crippen LogP contribution in [0.4, 0.5) is 15.8 Å². The van der Waals surface area contributed by atoms with Crippen molar-refractivity contribution in [1.82, 2.24) is 5.32 Å². The average molecular weight is 373 g/mol. The van der Waals surface area contributed by atoms with Crippen molar-refractivity contribution in [3.8, 4) is 0 Å². The Kier molecular flexibility index (Phi) is 4.91. The summed E-state index contributed by atoms with van der Waals surface area (Å²) < 4.78 is 13.6. The second-order valence-corrected chi connectivity index (χ2v) is 6.61. The summed E-state index contributed by atoms with van der Waals surface area (Å²) in [5, 5.41) is 9.29. The molecule has 28 heavy (non-hydrogen) atoms. The van der Waals surface area contributed by atoms with Crippen LogP contribution in [0.3, 0.4) is 0 Å². The number of hydrogen-bond acceptors (Lipinski definition) is 3. The number of carbonyl (C=O) groups excluding carboxylic acids is 1. The molecule has 4 nitrogen and oxygen atoms in total. The molecule has 0 fully saturated rings. The van der Waals surface area contributed by atoms with Crippen molar-refractivity contribution in [2.24, 2.45) is 0 Å². The molecule has 3 aromatic carbocycles. The summed E-state index contributed by atoms with van der Waals surface area (Å²) in [4.78, 5) is 12.7. The molecule has 0 aliphatic carbocycles. The van der Waals surface area contributed by atoms with Gasteiger partial charge in [0.2, 0.25) is 0 Å². The van der Waals surface area contributed by atoms with E-state index in [9.17, 15) is 9.18 Å². The molecule has 0 aromatic heterocycles. The van der Waals surface area contributed by atoms with Gasteiger partial charge in [-0.15, -0.1) is 0 Å². The molecule has 4 rings (SSSR count). The van der Waals surface area contributed by atoms with E-state index in [4.69, 9.17) is 0 Å². The Morgan fingerprint density at radius 3 is 2.46 bits per heavy atom. The van der Waals surface area contributed by atoms with Gasteiger partial charge in [0.1, 0.15) is 5.82 Å². The Bertz CT molecular complexity index is 1040. The Morgan fingerprint density at radius 2 is 1.75 bits per heavy atom. The quantitative estimate of drug-likeness (QED) is 0.578. The van der Waals surface area contributed by atoms with E-state index in [-0.39, 0.29) is 11.7 Å². The Hall–Kier alpha value is -3.44. The first kappa shape index (κ1) is 17.9. The van der Waals surface area contributed by atoms with E-state index in [1.54, 1.807) is 6.07 Å². The van der Waals surface area contributed by atoms with Gasteiger partial charge < -0.3 is 16.0 Å².